The Morgan fingerprint density at radius 3 is 2.71 bits per heavy atom. The Kier molecular flexibility index (Phi) is 4.13. The number of nitrogens with zero attached hydrogens (tertiary/aromatic N) is 1. The Labute approximate surface area is 122 Å². The van der Waals surface area contributed by atoms with Crippen LogP contribution in [0.3, 0.4) is 0 Å². The molecule has 1 aromatic rings. The number of ether oxygens (including phenoxy) is 1. The molecule has 0 spiro atoms. The average Bonchev–Trinajstić information content (AvgIpc) is 3.31. The van der Waals surface area contributed by atoms with Crippen molar-refractivity contribution in [2.24, 2.45) is 11.7 Å². The Morgan fingerprint density at radius 1 is 1.57 bits per heavy atom. The number of nitro benzene ring substituents is 1. The maximum absolute atomic E-state index is 12.3. The summed E-state index contributed by atoms with van der Waals surface area (Å²) in [5, 5.41) is 13.9. The Bertz CT molecular complexity index is 571. The molecule has 1 fully saturated rings. The van der Waals surface area contributed by atoms with Gasteiger partial charge in [0.1, 0.15) is 0 Å². The molecule has 1 aromatic carbocycles. The summed E-state index contributed by atoms with van der Waals surface area (Å²) >= 11 is 0. The van der Waals surface area contributed by atoms with Crippen LogP contribution in [0.4, 0.5) is 5.69 Å². The predicted octanol–water partition coefficient (Wildman–Crippen LogP) is 1.46. The number of carbonyl (C=O) groups is 1. The molecular weight excluding hydrogens is 274 g/mol. The van der Waals surface area contributed by atoms with Crippen LogP contribution in [0, 0.1) is 16.0 Å². The van der Waals surface area contributed by atoms with Crippen LogP contribution >= 0.6 is 0 Å². The smallest absolute Gasteiger partial charge is 0.311 e. The van der Waals surface area contributed by atoms with Crippen molar-refractivity contribution >= 4 is 11.6 Å². The summed E-state index contributed by atoms with van der Waals surface area (Å²) in [6.07, 6.45) is 2.08. The highest BCUT2D eigenvalue weighted by Gasteiger charge is 2.41. The molecule has 1 amide bonds. The first-order valence-electron chi connectivity index (χ1n) is 6.76. The SMILES string of the molecule is COc1ccc(C(=O)NC(C)(CN)C2CC2)cc1[N+](=O)[O-]. The zero-order chi connectivity index (χ0) is 15.6. The fourth-order valence-electron chi connectivity index (χ4n) is 2.35. The third kappa shape index (κ3) is 3.13. The third-order valence-corrected chi connectivity index (χ3v) is 3.94. The van der Waals surface area contributed by atoms with E-state index in [2.05, 4.69) is 5.32 Å². The number of carbonyl (C=O) groups excluding carboxylic acids is 1. The summed E-state index contributed by atoms with van der Waals surface area (Å²) in [4.78, 5) is 22.7. The molecular formula is C14H19N3O4. The van der Waals surface area contributed by atoms with E-state index in [9.17, 15) is 14.9 Å². The van der Waals surface area contributed by atoms with E-state index in [0.717, 1.165) is 12.8 Å². The molecule has 0 aromatic heterocycles. The van der Waals surface area contributed by atoms with Crippen LogP contribution in [0.15, 0.2) is 18.2 Å². The second-order valence-corrected chi connectivity index (χ2v) is 5.49. The molecule has 0 radical (unpaired) electrons. The van der Waals surface area contributed by atoms with Crippen molar-refractivity contribution in [1.82, 2.24) is 5.32 Å². The predicted molar refractivity (Wildman–Crippen MR) is 77.3 cm³/mol. The average molecular weight is 293 g/mol. The Hall–Kier alpha value is -2.15. The van der Waals surface area contributed by atoms with Gasteiger partial charge in [-0.1, -0.05) is 0 Å². The van der Waals surface area contributed by atoms with Gasteiger partial charge in [0.25, 0.3) is 5.91 Å². The van der Waals surface area contributed by atoms with E-state index in [-0.39, 0.29) is 22.9 Å². The van der Waals surface area contributed by atoms with Gasteiger partial charge < -0.3 is 15.8 Å². The maximum Gasteiger partial charge on any atom is 0.311 e. The van der Waals surface area contributed by atoms with Crippen molar-refractivity contribution in [2.45, 2.75) is 25.3 Å². The number of amides is 1. The van der Waals surface area contributed by atoms with Crippen LogP contribution in [-0.2, 0) is 0 Å². The van der Waals surface area contributed by atoms with Crippen LogP contribution in [0.25, 0.3) is 0 Å². The number of rotatable bonds is 6. The van der Waals surface area contributed by atoms with Crippen molar-refractivity contribution in [3.8, 4) is 5.75 Å². The maximum atomic E-state index is 12.3. The third-order valence-electron chi connectivity index (χ3n) is 3.94. The highest BCUT2D eigenvalue weighted by atomic mass is 16.6. The lowest BCUT2D eigenvalue weighted by Crippen LogP contribution is -2.53. The highest BCUT2D eigenvalue weighted by Crippen LogP contribution is 2.39. The lowest BCUT2D eigenvalue weighted by atomic mass is 9.95. The number of methoxy groups -OCH3 is 1. The molecule has 7 heteroatoms. The summed E-state index contributed by atoms with van der Waals surface area (Å²) in [6, 6.07) is 4.15. The number of nitro groups is 1. The molecule has 1 atom stereocenters. The number of benzene rings is 1. The lowest BCUT2D eigenvalue weighted by Gasteiger charge is -2.29. The molecule has 2 rings (SSSR count). The summed E-state index contributed by atoms with van der Waals surface area (Å²) in [5.74, 6) is 0.139. The molecule has 114 valence electrons. The van der Waals surface area contributed by atoms with E-state index in [1.54, 1.807) is 0 Å². The standard InChI is InChI=1S/C14H19N3O4/c1-14(8-15,10-4-5-10)16-13(18)9-3-6-12(21-2)11(7-9)17(19)20/h3,6-7,10H,4-5,8,15H2,1-2H3,(H,16,18). The Balaban J connectivity index is 2.23. The molecule has 1 saturated carbocycles. The van der Waals surface area contributed by atoms with Crippen molar-refractivity contribution < 1.29 is 14.5 Å². The molecule has 1 unspecified atom stereocenters. The molecule has 1 aliphatic carbocycles. The molecule has 0 bridgehead atoms. The first kappa shape index (κ1) is 15.2. The second kappa shape index (κ2) is 5.69. The van der Waals surface area contributed by atoms with Crippen LogP contribution in [0.5, 0.6) is 5.75 Å². The largest absolute Gasteiger partial charge is 0.490 e. The fraction of sp³-hybridized carbons (Fsp3) is 0.500. The van der Waals surface area contributed by atoms with Crippen LogP contribution in [0.2, 0.25) is 0 Å². The number of hydrogen-bond acceptors (Lipinski definition) is 5. The zero-order valence-corrected chi connectivity index (χ0v) is 12.1. The van der Waals surface area contributed by atoms with Gasteiger partial charge in [-0.05, 0) is 37.8 Å². The van der Waals surface area contributed by atoms with Crippen molar-refractivity contribution in [2.75, 3.05) is 13.7 Å². The van der Waals surface area contributed by atoms with Gasteiger partial charge in [-0.15, -0.1) is 0 Å². The normalized spacial score (nSPS) is 16.9. The first-order valence-corrected chi connectivity index (χ1v) is 6.76. The van der Waals surface area contributed by atoms with E-state index < -0.39 is 10.5 Å². The van der Waals surface area contributed by atoms with Crippen LogP contribution in [-0.4, -0.2) is 30.0 Å². The highest BCUT2D eigenvalue weighted by molar-refractivity contribution is 5.95. The van der Waals surface area contributed by atoms with E-state index >= 15 is 0 Å². The van der Waals surface area contributed by atoms with Gasteiger partial charge in [0, 0.05) is 18.2 Å². The quantitative estimate of drug-likeness (QED) is 0.610. The van der Waals surface area contributed by atoms with Crippen molar-refractivity contribution in [1.29, 1.82) is 0 Å². The molecule has 3 N–H and O–H groups in total. The number of nitrogens with one attached hydrogen (secondary N) is 1. The minimum Gasteiger partial charge on any atom is -0.490 e. The van der Waals surface area contributed by atoms with Gasteiger partial charge in [-0.3, -0.25) is 14.9 Å². The number of hydrogen-bond donors (Lipinski definition) is 2. The minimum atomic E-state index is -0.571. The molecule has 0 saturated heterocycles. The number of nitrogens with two attached hydrogens (primary N) is 1. The fourth-order valence-corrected chi connectivity index (χ4v) is 2.35. The van der Waals surface area contributed by atoms with E-state index in [1.165, 1.54) is 25.3 Å². The van der Waals surface area contributed by atoms with Gasteiger partial charge in [-0.25, -0.2) is 0 Å². The van der Waals surface area contributed by atoms with Gasteiger partial charge in [-0.2, -0.15) is 0 Å². The first-order chi connectivity index (χ1) is 9.91. The van der Waals surface area contributed by atoms with Crippen molar-refractivity contribution in [3.05, 3.63) is 33.9 Å². The molecule has 0 heterocycles. The minimum absolute atomic E-state index is 0.125. The van der Waals surface area contributed by atoms with Gasteiger partial charge in [0.05, 0.1) is 17.6 Å². The molecule has 7 nitrogen and oxygen atoms in total. The topological polar surface area (TPSA) is 107 Å². The monoisotopic (exact) mass is 293 g/mol. The summed E-state index contributed by atoms with van der Waals surface area (Å²) < 4.78 is 4.92. The van der Waals surface area contributed by atoms with Gasteiger partial charge in [0.15, 0.2) is 5.75 Å². The van der Waals surface area contributed by atoms with Crippen LogP contribution < -0.4 is 15.8 Å². The van der Waals surface area contributed by atoms with Gasteiger partial charge in [0.2, 0.25) is 0 Å². The zero-order valence-electron chi connectivity index (χ0n) is 12.1. The summed E-state index contributed by atoms with van der Waals surface area (Å²) in [5.41, 5.74) is 5.28. The van der Waals surface area contributed by atoms with E-state index in [1.807, 2.05) is 6.92 Å². The van der Waals surface area contributed by atoms with Crippen molar-refractivity contribution in [3.63, 3.8) is 0 Å². The lowest BCUT2D eigenvalue weighted by molar-refractivity contribution is -0.385. The van der Waals surface area contributed by atoms with Gasteiger partial charge >= 0.3 is 5.69 Å². The molecule has 0 aliphatic heterocycles. The second-order valence-electron chi connectivity index (χ2n) is 5.49. The van der Waals surface area contributed by atoms with Crippen LogP contribution in [0.1, 0.15) is 30.1 Å². The molecule has 1 aliphatic rings. The van der Waals surface area contributed by atoms with E-state index in [0.29, 0.717) is 12.5 Å². The Morgan fingerprint density at radius 2 is 2.24 bits per heavy atom. The summed E-state index contributed by atoms with van der Waals surface area (Å²) in [6.45, 7) is 2.24. The van der Waals surface area contributed by atoms with E-state index in [4.69, 9.17) is 10.5 Å². The summed E-state index contributed by atoms with van der Waals surface area (Å²) in [7, 11) is 1.35. The molecule has 21 heavy (non-hydrogen) atoms.